The average molecular weight is 260 g/mol. The first-order chi connectivity index (χ1) is 8.50. The molecule has 100 valence electrons. The van der Waals surface area contributed by atoms with Crippen LogP contribution in [0.3, 0.4) is 0 Å². The summed E-state index contributed by atoms with van der Waals surface area (Å²) in [6, 6.07) is 4.28. The Balaban J connectivity index is 0.00000324. The molecule has 1 aromatic rings. The molecule has 1 rings (SSSR count). The number of carbonyl (C=O) groups excluding carboxylic acids is 1. The number of carboxylic acids is 1. The third-order valence-electron chi connectivity index (χ3n) is 2.28. The minimum absolute atomic E-state index is 0. The third-order valence-corrected chi connectivity index (χ3v) is 2.28. The van der Waals surface area contributed by atoms with E-state index in [4.69, 9.17) is 9.84 Å². The van der Waals surface area contributed by atoms with Crippen LogP contribution in [0.4, 0.5) is 4.79 Å². The van der Waals surface area contributed by atoms with Crippen LogP contribution in [0, 0.1) is 5.92 Å². The Morgan fingerprint density at radius 2 is 2.11 bits per heavy atom. The van der Waals surface area contributed by atoms with Gasteiger partial charge in [0.1, 0.15) is 12.6 Å². The first-order valence-electron chi connectivity index (χ1n) is 5.56. The van der Waals surface area contributed by atoms with E-state index in [0.29, 0.717) is 5.69 Å². The molecular weight excluding hydrogens is 243 g/mol. The van der Waals surface area contributed by atoms with Crippen molar-refractivity contribution in [2.24, 2.45) is 5.92 Å². The quantitative estimate of drug-likeness (QED) is 0.763. The summed E-state index contributed by atoms with van der Waals surface area (Å²) in [4.78, 5) is 26.3. The van der Waals surface area contributed by atoms with Crippen molar-refractivity contribution < 1.29 is 19.4 Å². The van der Waals surface area contributed by atoms with Crippen LogP contribution in [0.1, 0.15) is 19.5 Å². The van der Waals surface area contributed by atoms with Crippen LogP contribution in [-0.2, 0) is 16.1 Å². The summed E-state index contributed by atoms with van der Waals surface area (Å²) in [5, 5.41) is 11.2. The first-order valence-corrected chi connectivity index (χ1v) is 5.56. The van der Waals surface area contributed by atoms with Gasteiger partial charge in [0.05, 0.1) is 5.69 Å². The molecule has 0 saturated heterocycles. The molecule has 0 fully saturated rings. The van der Waals surface area contributed by atoms with E-state index in [-0.39, 0.29) is 31.4 Å². The van der Waals surface area contributed by atoms with Gasteiger partial charge in [0.15, 0.2) is 0 Å². The van der Waals surface area contributed by atoms with Crippen molar-refractivity contribution in [1.82, 2.24) is 10.3 Å². The van der Waals surface area contributed by atoms with E-state index in [1.54, 1.807) is 38.2 Å². The number of ether oxygens (including phenoxy) is 1. The number of rotatable bonds is 5. The van der Waals surface area contributed by atoms with Crippen molar-refractivity contribution in [2.45, 2.75) is 26.5 Å². The zero-order valence-corrected chi connectivity index (χ0v) is 10.3. The Kier molecular flexibility index (Phi) is 7.88. The van der Waals surface area contributed by atoms with Crippen molar-refractivity contribution in [3.05, 3.63) is 30.1 Å². The topological polar surface area (TPSA) is 88.5 Å². The van der Waals surface area contributed by atoms with E-state index in [1.165, 1.54) is 0 Å². The Bertz CT molecular complexity index is 411. The fourth-order valence-electron chi connectivity index (χ4n) is 1.31. The molecule has 1 unspecified atom stereocenters. The van der Waals surface area contributed by atoms with Crippen molar-refractivity contribution in [1.29, 1.82) is 0 Å². The molecule has 0 radical (unpaired) electrons. The molecule has 0 aromatic carbocycles. The molecular formula is C12H17LiN2O4. The normalized spacial score (nSPS) is 11.3. The molecule has 0 bridgehead atoms. The number of amides is 1. The number of hydrogen-bond acceptors (Lipinski definition) is 4. The van der Waals surface area contributed by atoms with Gasteiger partial charge in [-0.1, -0.05) is 19.9 Å². The maximum atomic E-state index is 11.4. The molecule has 19 heavy (non-hydrogen) atoms. The zero-order chi connectivity index (χ0) is 13.5. The summed E-state index contributed by atoms with van der Waals surface area (Å²) >= 11 is 0. The number of nitrogens with one attached hydrogen (secondary N) is 1. The third kappa shape index (κ3) is 6.27. The van der Waals surface area contributed by atoms with Gasteiger partial charge in [-0.3, -0.25) is 4.98 Å². The summed E-state index contributed by atoms with van der Waals surface area (Å²) in [5.74, 6) is -1.30. The summed E-state index contributed by atoms with van der Waals surface area (Å²) in [6.45, 7) is 3.42. The number of aromatic nitrogens is 1. The molecule has 1 heterocycles. The fraction of sp³-hybridized carbons (Fsp3) is 0.417. The van der Waals surface area contributed by atoms with Crippen molar-refractivity contribution >= 4 is 30.9 Å². The van der Waals surface area contributed by atoms with Crippen molar-refractivity contribution in [2.75, 3.05) is 0 Å². The van der Waals surface area contributed by atoms with E-state index < -0.39 is 18.1 Å². The number of carbonyl (C=O) groups is 2. The molecule has 0 aliphatic carbocycles. The van der Waals surface area contributed by atoms with Crippen LogP contribution in [0.2, 0.25) is 0 Å². The molecule has 0 aliphatic rings. The zero-order valence-electron chi connectivity index (χ0n) is 10.3. The van der Waals surface area contributed by atoms with Gasteiger partial charge in [0.25, 0.3) is 0 Å². The first kappa shape index (κ1) is 17.5. The van der Waals surface area contributed by atoms with Crippen LogP contribution in [0.15, 0.2) is 24.4 Å². The second-order valence-corrected chi connectivity index (χ2v) is 4.10. The van der Waals surface area contributed by atoms with Crippen LogP contribution >= 0.6 is 0 Å². The van der Waals surface area contributed by atoms with Crippen molar-refractivity contribution in [3.8, 4) is 0 Å². The Morgan fingerprint density at radius 3 is 2.58 bits per heavy atom. The standard InChI is InChI=1S/C12H16N2O4.Li.H/c1-8(2)10(11(15)16)14-12(17)18-7-9-5-3-4-6-13-9;;/h3-6,8,10H,7H2,1-2H3,(H,14,17)(H,15,16);;. The van der Waals surface area contributed by atoms with E-state index in [9.17, 15) is 9.59 Å². The number of aliphatic carboxylic acids is 1. The summed E-state index contributed by atoms with van der Waals surface area (Å²) in [5.41, 5.74) is 0.601. The van der Waals surface area contributed by atoms with Crippen LogP contribution in [0.25, 0.3) is 0 Å². The minimum atomic E-state index is -1.08. The second kappa shape index (κ2) is 8.57. The molecule has 1 aromatic heterocycles. The van der Waals surface area contributed by atoms with E-state index in [1.807, 2.05) is 0 Å². The van der Waals surface area contributed by atoms with Gasteiger partial charge in [-0.15, -0.1) is 0 Å². The molecule has 1 amide bonds. The Hall–Kier alpha value is -1.51. The Labute approximate surface area is 123 Å². The number of carboxylic acid groups (broad SMARTS) is 1. The SMILES string of the molecule is CC(C)C(NC(=O)OCc1ccccn1)C(=O)O.[LiH]. The van der Waals surface area contributed by atoms with Gasteiger partial charge >= 0.3 is 30.9 Å². The van der Waals surface area contributed by atoms with Gasteiger partial charge in [0, 0.05) is 6.20 Å². The van der Waals surface area contributed by atoms with E-state index in [0.717, 1.165) is 0 Å². The molecule has 1 atom stereocenters. The van der Waals surface area contributed by atoms with Gasteiger partial charge in [-0.2, -0.15) is 0 Å². The second-order valence-electron chi connectivity index (χ2n) is 4.10. The van der Waals surface area contributed by atoms with Crippen LogP contribution < -0.4 is 5.32 Å². The summed E-state index contributed by atoms with van der Waals surface area (Å²) < 4.78 is 4.88. The molecule has 7 heteroatoms. The molecule has 6 nitrogen and oxygen atoms in total. The van der Waals surface area contributed by atoms with Gasteiger partial charge in [0.2, 0.25) is 0 Å². The van der Waals surface area contributed by atoms with Crippen molar-refractivity contribution in [3.63, 3.8) is 0 Å². The maximum absolute atomic E-state index is 11.4. The summed E-state index contributed by atoms with van der Waals surface area (Å²) in [7, 11) is 0. The number of hydrogen-bond donors (Lipinski definition) is 2. The van der Waals surface area contributed by atoms with Crippen LogP contribution in [-0.4, -0.2) is 47.1 Å². The van der Waals surface area contributed by atoms with Crippen LogP contribution in [0.5, 0.6) is 0 Å². The average Bonchev–Trinajstić information content (AvgIpc) is 2.34. The number of alkyl carbamates (subject to hydrolysis) is 1. The number of pyridine rings is 1. The number of nitrogens with zero attached hydrogens (tertiary/aromatic N) is 1. The monoisotopic (exact) mass is 260 g/mol. The molecule has 0 saturated carbocycles. The molecule has 0 spiro atoms. The van der Waals surface area contributed by atoms with E-state index >= 15 is 0 Å². The van der Waals surface area contributed by atoms with E-state index in [2.05, 4.69) is 10.3 Å². The van der Waals surface area contributed by atoms with Gasteiger partial charge in [-0.25, -0.2) is 9.59 Å². The molecule has 0 aliphatic heterocycles. The predicted octanol–water partition coefficient (Wildman–Crippen LogP) is 0.768. The Morgan fingerprint density at radius 1 is 1.42 bits per heavy atom. The predicted molar refractivity (Wildman–Crippen MR) is 71.0 cm³/mol. The summed E-state index contributed by atoms with van der Waals surface area (Å²) in [6.07, 6.45) is 0.826. The fourth-order valence-corrected chi connectivity index (χ4v) is 1.31. The molecule has 2 N–H and O–H groups in total. The van der Waals surface area contributed by atoms with Gasteiger partial charge < -0.3 is 15.2 Å². The van der Waals surface area contributed by atoms with Gasteiger partial charge in [-0.05, 0) is 18.1 Å².